The van der Waals surface area contributed by atoms with E-state index in [-0.39, 0.29) is 42.2 Å². The number of halogens is 1. The Labute approximate surface area is 209 Å². The quantitative estimate of drug-likeness (QED) is 0.619. The third kappa shape index (κ3) is 3.04. The first-order valence-corrected chi connectivity index (χ1v) is 13.2. The van der Waals surface area contributed by atoms with Gasteiger partial charge in [-0.3, -0.25) is 14.5 Å². The number of carbonyl (C=O) groups excluding carboxylic acids is 2. The maximum Gasteiger partial charge on any atom is 0.306 e. The number of hydrogen-bond acceptors (Lipinski definition) is 6. The van der Waals surface area contributed by atoms with Crippen molar-refractivity contribution in [1.29, 1.82) is 0 Å². The number of Topliss-reactive ketones (excluding diaryl/α,β-unsaturated/α-hetero) is 1. The number of phenolic OH excluding ortho intramolecular Hbond substituents is 1. The largest absolute Gasteiger partial charge is 0.504 e. The van der Waals surface area contributed by atoms with Gasteiger partial charge < -0.3 is 14.6 Å². The number of carbonyl (C=O) groups is 2. The summed E-state index contributed by atoms with van der Waals surface area (Å²) in [6.07, 6.45) is 4.47. The van der Waals surface area contributed by atoms with Crippen LogP contribution in [0.15, 0.2) is 36.4 Å². The molecule has 2 aromatic rings. The van der Waals surface area contributed by atoms with Crippen LogP contribution in [0.5, 0.6) is 11.5 Å². The Morgan fingerprint density at radius 2 is 1.97 bits per heavy atom. The molecule has 2 saturated carbocycles. The molecule has 0 amide bonds. The third-order valence-corrected chi connectivity index (χ3v) is 9.35. The van der Waals surface area contributed by atoms with E-state index in [9.17, 15) is 19.1 Å². The standard InChI is InChI=1S/C29H30FNO5/c30-20-7-3-17(4-8-20)5-10-24(34)36-29-12-11-22(33)27-28(29)13-14-31(16-18-1-2-18)23(29)15-19-6-9-21(32)26(35-27)25(19)28/h3-4,6-9,18,23,27,32H,1-2,5,10-16H2/t23?,27-,28?,29+/m0/s1. The maximum absolute atomic E-state index is 13.5. The molecule has 36 heavy (non-hydrogen) atoms. The number of piperidine rings is 1. The van der Waals surface area contributed by atoms with E-state index >= 15 is 0 Å². The summed E-state index contributed by atoms with van der Waals surface area (Å²) in [7, 11) is 0. The molecule has 1 N–H and O–H groups in total. The number of ether oxygens (including phenoxy) is 2. The van der Waals surface area contributed by atoms with Gasteiger partial charge in [0.15, 0.2) is 23.4 Å². The lowest BCUT2D eigenvalue weighted by atomic mass is 9.48. The number of ketones is 1. The van der Waals surface area contributed by atoms with Crippen LogP contribution in [0.25, 0.3) is 0 Å². The summed E-state index contributed by atoms with van der Waals surface area (Å²) in [6.45, 7) is 1.80. The van der Waals surface area contributed by atoms with Crippen LogP contribution in [0.1, 0.15) is 55.2 Å². The second-order valence-electron chi connectivity index (χ2n) is 11.3. The monoisotopic (exact) mass is 491 g/mol. The Balaban J connectivity index is 1.29. The van der Waals surface area contributed by atoms with Gasteiger partial charge in [-0.2, -0.15) is 0 Å². The number of benzene rings is 2. The zero-order valence-corrected chi connectivity index (χ0v) is 20.2. The van der Waals surface area contributed by atoms with Gasteiger partial charge in [-0.15, -0.1) is 0 Å². The van der Waals surface area contributed by atoms with Crippen molar-refractivity contribution in [2.75, 3.05) is 13.1 Å². The van der Waals surface area contributed by atoms with Crippen molar-refractivity contribution in [2.45, 2.75) is 74.5 Å². The molecule has 3 aliphatic carbocycles. The van der Waals surface area contributed by atoms with E-state index < -0.39 is 17.1 Å². The first kappa shape index (κ1) is 22.3. The summed E-state index contributed by atoms with van der Waals surface area (Å²) in [5, 5.41) is 10.7. The van der Waals surface area contributed by atoms with Crippen molar-refractivity contribution in [2.24, 2.45) is 5.92 Å². The zero-order chi connectivity index (χ0) is 24.7. The van der Waals surface area contributed by atoms with Gasteiger partial charge in [0.25, 0.3) is 0 Å². The summed E-state index contributed by atoms with van der Waals surface area (Å²) in [6, 6.07) is 9.76. The molecule has 3 fully saturated rings. The molecule has 4 atom stereocenters. The van der Waals surface area contributed by atoms with Crippen molar-refractivity contribution in [1.82, 2.24) is 4.90 Å². The van der Waals surface area contributed by atoms with Crippen molar-refractivity contribution in [3.8, 4) is 11.5 Å². The number of aromatic hydroxyl groups is 1. The highest BCUT2D eigenvalue weighted by Gasteiger charge is 2.75. The summed E-state index contributed by atoms with van der Waals surface area (Å²) >= 11 is 0. The number of phenols is 1. The van der Waals surface area contributed by atoms with E-state index in [1.807, 2.05) is 6.07 Å². The van der Waals surface area contributed by atoms with E-state index in [0.717, 1.165) is 29.8 Å². The Morgan fingerprint density at radius 3 is 2.75 bits per heavy atom. The Morgan fingerprint density at radius 1 is 1.17 bits per heavy atom. The van der Waals surface area contributed by atoms with Gasteiger partial charge in [0.1, 0.15) is 11.4 Å². The zero-order valence-electron chi connectivity index (χ0n) is 20.2. The van der Waals surface area contributed by atoms with Crippen LogP contribution in [0, 0.1) is 11.7 Å². The number of rotatable bonds is 6. The van der Waals surface area contributed by atoms with Gasteiger partial charge in [-0.25, -0.2) is 4.39 Å². The molecule has 6 nitrogen and oxygen atoms in total. The second kappa shape index (κ2) is 7.78. The van der Waals surface area contributed by atoms with E-state index in [1.165, 1.54) is 25.0 Å². The molecule has 188 valence electrons. The number of nitrogens with zero attached hydrogens (tertiary/aromatic N) is 1. The first-order chi connectivity index (χ1) is 17.4. The highest BCUT2D eigenvalue weighted by Crippen LogP contribution is 2.66. The van der Waals surface area contributed by atoms with Crippen LogP contribution in [0.2, 0.25) is 0 Å². The number of likely N-dealkylation sites (tertiary alicyclic amines) is 1. The fourth-order valence-electron chi connectivity index (χ4n) is 7.59. The van der Waals surface area contributed by atoms with Gasteiger partial charge in [0.2, 0.25) is 0 Å². The molecule has 2 aromatic carbocycles. The molecule has 2 bridgehead atoms. The molecule has 5 aliphatic rings. The Hall–Kier alpha value is -2.93. The highest BCUT2D eigenvalue weighted by atomic mass is 19.1. The fraction of sp³-hybridized carbons (Fsp3) is 0.517. The summed E-state index contributed by atoms with van der Waals surface area (Å²) < 4.78 is 26.2. The van der Waals surface area contributed by atoms with Crippen LogP contribution in [0.3, 0.4) is 0 Å². The van der Waals surface area contributed by atoms with Crippen molar-refractivity contribution in [3.63, 3.8) is 0 Å². The van der Waals surface area contributed by atoms with Crippen LogP contribution >= 0.6 is 0 Å². The predicted octanol–water partition coefficient (Wildman–Crippen LogP) is 3.85. The average molecular weight is 492 g/mol. The lowest BCUT2D eigenvalue weighted by Crippen LogP contribution is -2.77. The van der Waals surface area contributed by atoms with Crippen molar-refractivity contribution in [3.05, 3.63) is 58.9 Å². The Kier molecular flexibility index (Phi) is 4.82. The second-order valence-corrected chi connectivity index (χ2v) is 11.3. The van der Waals surface area contributed by atoms with Crippen LogP contribution in [0.4, 0.5) is 4.39 Å². The highest BCUT2D eigenvalue weighted by molar-refractivity contribution is 5.90. The molecule has 2 unspecified atom stereocenters. The number of aryl methyl sites for hydroxylation is 1. The molecule has 7 rings (SSSR count). The molecule has 1 spiro atoms. The normalized spacial score (nSPS) is 32.1. The minimum Gasteiger partial charge on any atom is -0.504 e. The number of hydrogen-bond donors (Lipinski definition) is 1. The van der Waals surface area contributed by atoms with Crippen molar-refractivity contribution < 1.29 is 28.6 Å². The predicted molar refractivity (Wildman–Crippen MR) is 128 cm³/mol. The van der Waals surface area contributed by atoms with Crippen molar-refractivity contribution >= 4 is 11.8 Å². The lowest BCUT2D eigenvalue weighted by molar-refractivity contribution is -0.216. The molecule has 2 aliphatic heterocycles. The maximum atomic E-state index is 13.5. The van der Waals surface area contributed by atoms with E-state index in [0.29, 0.717) is 37.4 Å². The van der Waals surface area contributed by atoms with Crippen LogP contribution < -0.4 is 4.74 Å². The minimum atomic E-state index is -0.884. The molecule has 7 heteroatoms. The summed E-state index contributed by atoms with van der Waals surface area (Å²) in [5.74, 6) is 0.534. The van der Waals surface area contributed by atoms with Gasteiger partial charge in [-0.1, -0.05) is 18.2 Å². The fourth-order valence-corrected chi connectivity index (χ4v) is 7.59. The molecular weight excluding hydrogens is 461 g/mol. The summed E-state index contributed by atoms with van der Waals surface area (Å²) in [4.78, 5) is 29.2. The van der Waals surface area contributed by atoms with Gasteiger partial charge >= 0.3 is 5.97 Å². The number of esters is 1. The van der Waals surface area contributed by atoms with E-state index in [1.54, 1.807) is 18.2 Å². The lowest BCUT2D eigenvalue weighted by Gasteiger charge is -2.63. The first-order valence-electron chi connectivity index (χ1n) is 13.2. The average Bonchev–Trinajstić information content (AvgIpc) is 3.61. The minimum absolute atomic E-state index is 0.0193. The van der Waals surface area contributed by atoms with Gasteiger partial charge in [0.05, 0.1) is 11.5 Å². The van der Waals surface area contributed by atoms with Gasteiger partial charge in [-0.05, 0) is 80.3 Å². The van der Waals surface area contributed by atoms with Gasteiger partial charge in [0, 0.05) is 24.9 Å². The molecular formula is C29H30FNO5. The van der Waals surface area contributed by atoms with Crippen LogP contribution in [-0.4, -0.2) is 52.6 Å². The van der Waals surface area contributed by atoms with E-state index in [2.05, 4.69) is 4.90 Å². The van der Waals surface area contributed by atoms with E-state index in [4.69, 9.17) is 9.47 Å². The molecule has 0 radical (unpaired) electrons. The molecule has 2 heterocycles. The summed E-state index contributed by atoms with van der Waals surface area (Å²) in [5.41, 5.74) is 1.18. The topological polar surface area (TPSA) is 76.1 Å². The smallest absolute Gasteiger partial charge is 0.306 e. The Bertz CT molecular complexity index is 1260. The molecule has 1 saturated heterocycles. The molecule has 0 aromatic heterocycles. The SMILES string of the molecule is O=C(CCc1ccc(F)cc1)O[C@@]12CCC(=O)[C@@H]3Oc4c(O)ccc5c4C31CCN(CC1CC1)C2C5. The third-order valence-electron chi connectivity index (χ3n) is 9.35. The van der Waals surface area contributed by atoms with Crippen LogP contribution in [-0.2, 0) is 32.6 Å².